The van der Waals surface area contributed by atoms with Crippen LogP contribution in [0.4, 0.5) is 0 Å². The second kappa shape index (κ2) is 4.66. The molecule has 1 aliphatic heterocycles. The topological polar surface area (TPSA) is 41.1 Å². The van der Waals surface area contributed by atoms with Gasteiger partial charge in [-0.3, -0.25) is 4.79 Å². The number of carbonyl (C=O) groups is 1. The van der Waals surface area contributed by atoms with E-state index in [2.05, 4.69) is 35.8 Å². The fraction of sp³-hybridized carbons (Fsp3) is 0.462. The highest BCUT2D eigenvalue weighted by Gasteiger charge is 2.25. The molecule has 1 aliphatic rings. The molecule has 1 saturated heterocycles. The second-order valence-electron chi connectivity index (χ2n) is 4.50. The quantitative estimate of drug-likeness (QED) is 0.805. The molecule has 3 heteroatoms. The van der Waals surface area contributed by atoms with Crippen molar-refractivity contribution in [1.82, 2.24) is 10.6 Å². The van der Waals surface area contributed by atoms with Gasteiger partial charge in [0.15, 0.2) is 0 Å². The van der Waals surface area contributed by atoms with Crippen LogP contribution in [0.15, 0.2) is 24.3 Å². The van der Waals surface area contributed by atoms with Crippen molar-refractivity contribution in [3.8, 4) is 0 Å². The fourth-order valence-corrected chi connectivity index (χ4v) is 1.83. The largest absolute Gasteiger partial charge is 0.349 e. The summed E-state index contributed by atoms with van der Waals surface area (Å²) in [5.41, 5.74) is 2.39. The number of carbonyl (C=O) groups excluding carboxylic acids is 1. The molecule has 0 saturated carbocycles. The lowest BCUT2D eigenvalue weighted by molar-refractivity contribution is -0.127. The predicted molar refractivity (Wildman–Crippen MR) is 64.1 cm³/mol. The maximum Gasteiger partial charge on any atom is 0.226 e. The van der Waals surface area contributed by atoms with Gasteiger partial charge < -0.3 is 10.6 Å². The summed E-state index contributed by atoms with van der Waals surface area (Å²) in [4.78, 5) is 11.7. The summed E-state index contributed by atoms with van der Waals surface area (Å²) < 4.78 is 0. The predicted octanol–water partition coefficient (Wildman–Crippen LogP) is 1.39. The molecule has 1 amide bonds. The van der Waals surface area contributed by atoms with Gasteiger partial charge in [0.1, 0.15) is 0 Å². The monoisotopic (exact) mass is 218 g/mol. The molecule has 1 fully saturated rings. The van der Waals surface area contributed by atoms with Gasteiger partial charge in [-0.05, 0) is 19.4 Å². The van der Waals surface area contributed by atoms with Gasteiger partial charge in [0.2, 0.25) is 5.91 Å². The Labute approximate surface area is 96.2 Å². The standard InChI is InChI=1S/C13H18N2O/c1-9-4-3-5-11(6-9)10(2)15-13(16)12-7-14-8-12/h3-6,10,12,14H,7-8H2,1-2H3,(H,15,16)/t10-/m0/s1. The molecule has 1 heterocycles. The van der Waals surface area contributed by atoms with Crippen LogP contribution in [-0.4, -0.2) is 19.0 Å². The minimum Gasteiger partial charge on any atom is -0.349 e. The molecule has 0 radical (unpaired) electrons. The van der Waals surface area contributed by atoms with E-state index in [-0.39, 0.29) is 17.9 Å². The Balaban J connectivity index is 1.96. The first-order valence-electron chi connectivity index (χ1n) is 5.74. The van der Waals surface area contributed by atoms with Crippen LogP contribution in [0, 0.1) is 12.8 Å². The molecule has 0 bridgehead atoms. The lowest BCUT2D eigenvalue weighted by Crippen LogP contribution is -2.51. The number of amides is 1. The van der Waals surface area contributed by atoms with Crippen LogP contribution in [0.1, 0.15) is 24.1 Å². The average molecular weight is 218 g/mol. The van der Waals surface area contributed by atoms with Crippen molar-refractivity contribution >= 4 is 5.91 Å². The molecule has 1 aromatic rings. The Morgan fingerprint density at radius 3 is 2.81 bits per heavy atom. The van der Waals surface area contributed by atoms with Gasteiger partial charge in [-0.15, -0.1) is 0 Å². The third-order valence-corrected chi connectivity index (χ3v) is 3.05. The van der Waals surface area contributed by atoms with Crippen LogP contribution in [-0.2, 0) is 4.79 Å². The molecule has 86 valence electrons. The van der Waals surface area contributed by atoms with Crippen molar-refractivity contribution in [2.75, 3.05) is 13.1 Å². The van der Waals surface area contributed by atoms with Crippen LogP contribution < -0.4 is 10.6 Å². The first-order chi connectivity index (χ1) is 7.66. The summed E-state index contributed by atoms with van der Waals surface area (Å²) in [5, 5.41) is 6.15. The van der Waals surface area contributed by atoms with Crippen LogP contribution in [0.5, 0.6) is 0 Å². The van der Waals surface area contributed by atoms with Crippen LogP contribution in [0.3, 0.4) is 0 Å². The number of benzene rings is 1. The van der Waals surface area contributed by atoms with E-state index in [1.165, 1.54) is 11.1 Å². The van der Waals surface area contributed by atoms with Gasteiger partial charge in [-0.25, -0.2) is 0 Å². The number of hydrogen-bond acceptors (Lipinski definition) is 2. The molecule has 1 atom stereocenters. The highest BCUT2D eigenvalue weighted by atomic mass is 16.2. The smallest absolute Gasteiger partial charge is 0.226 e. The highest BCUT2D eigenvalue weighted by Crippen LogP contribution is 2.15. The number of hydrogen-bond donors (Lipinski definition) is 2. The maximum absolute atomic E-state index is 11.7. The molecule has 16 heavy (non-hydrogen) atoms. The molecular weight excluding hydrogens is 200 g/mol. The van der Waals surface area contributed by atoms with Crippen molar-refractivity contribution in [3.05, 3.63) is 35.4 Å². The molecule has 1 aromatic carbocycles. The van der Waals surface area contributed by atoms with E-state index in [1.807, 2.05) is 13.0 Å². The third kappa shape index (κ3) is 2.42. The number of rotatable bonds is 3. The summed E-state index contributed by atoms with van der Waals surface area (Å²) >= 11 is 0. The van der Waals surface area contributed by atoms with Crippen LogP contribution in [0.25, 0.3) is 0 Å². The Morgan fingerprint density at radius 2 is 2.25 bits per heavy atom. The Hall–Kier alpha value is -1.35. The van der Waals surface area contributed by atoms with Crippen LogP contribution >= 0.6 is 0 Å². The van der Waals surface area contributed by atoms with Gasteiger partial charge >= 0.3 is 0 Å². The normalized spacial score (nSPS) is 17.6. The molecular formula is C13H18N2O. The van der Waals surface area contributed by atoms with Gasteiger partial charge in [0, 0.05) is 13.1 Å². The van der Waals surface area contributed by atoms with E-state index in [1.54, 1.807) is 0 Å². The lowest BCUT2D eigenvalue weighted by atomic mass is 10.0. The van der Waals surface area contributed by atoms with E-state index in [0.717, 1.165) is 13.1 Å². The van der Waals surface area contributed by atoms with E-state index in [0.29, 0.717) is 0 Å². The molecule has 0 aromatic heterocycles. The average Bonchev–Trinajstić information content (AvgIpc) is 2.14. The van der Waals surface area contributed by atoms with Crippen LogP contribution in [0.2, 0.25) is 0 Å². The zero-order valence-corrected chi connectivity index (χ0v) is 9.79. The van der Waals surface area contributed by atoms with E-state index in [4.69, 9.17) is 0 Å². The van der Waals surface area contributed by atoms with Crippen molar-refractivity contribution in [2.45, 2.75) is 19.9 Å². The molecule has 0 unspecified atom stereocenters. The van der Waals surface area contributed by atoms with Crippen molar-refractivity contribution in [3.63, 3.8) is 0 Å². The maximum atomic E-state index is 11.7. The zero-order valence-electron chi connectivity index (χ0n) is 9.79. The van der Waals surface area contributed by atoms with Gasteiger partial charge in [-0.2, -0.15) is 0 Å². The summed E-state index contributed by atoms with van der Waals surface area (Å²) in [7, 11) is 0. The fourth-order valence-electron chi connectivity index (χ4n) is 1.83. The summed E-state index contributed by atoms with van der Waals surface area (Å²) in [6.07, 6.45) is 0. The highest BCUT2D eigenvalue weighted by molar-refractivity contribution is 5.80. The van der Waals surface area contributed by atoms with E-state index >= 15 is 0 Å². The third-order valence-electron chi connectivity index (χ3n) is 3.05. The lowest BCUT2D eigenvalue weighted by Gasteiger charge is -2.27. The minimum atomic E-state index is 0.0907. The van der Waals surface area contributed by atoms with Crippen molar-refractivity contribution < 1.29 is 4.79 Å². The molecule has 0 spiro atoms. The summed E-state index contributed by atoms with van der Waals surface area (Å²) in [6, 6.07) is 8.35. The minimum absolute atomic E-state index is 0.0907. The van der Waals surface area contributed by atoms with Gasteiger partial charge in [0.25, 0.3) is 0 Å². The Morgan fingerprint density at radius 1 is 1.50 bits per heavy atom. The summed E-state index contributed by atoms with van der Waals surface area (Å²) in [5.74, 6) is 0.319. The second-order valence-corrected chi connectivity index (χ2v) is 4.50. The Bertz CT molecular complexity index is 385. The Kier molecular flexibility index (Phi) is 3.25. The number of aryl methyl sites for hydroxylation is 1. The SMILES string of the molecule is Cc1cccc([C@H](C)NC(=O)C2CNC2)c1. The molecule has 0 aliphatic carbocycles. The van der Waals surface area contributed by atoms with E-state index < -0.39 is 0 Å². The first-order valence-corrected chi connectivity index (χ1v) is 5.74. The van der Waals surface area contributed by atoms with Gasteiger partial charge in [0.05, 0.1) is 12.0 Å². The first kappa shape index (κ1) is 11.1. The van der Waals surface area contributed by atoms with Crippen molar-refractivity contribution in [1.29, 1.82) is 0 Å². The molecule has 3 nitrogen and oxygen atoms in total. The van der Waals surface area contributed by atoms with Crippen molar-refractivity contribution in [2.24, 2.45) is 5.92 Å². The zero-order chi connectivity index (χ0) is 11.5. The summed E-state index contributed by atoms with van der Waals surface area (Å²) in [6.45, 7) is 5.71. The molecule has 2 rings (SSSR count). The van der Waals surface area contributed by atoms with E-state index in [9.17, 15) is 4.79 Å². The molecule has 2 N–H and O–H groups in total. The van der Waals surface area contributed by atoms with Gasteiger partial charge in [-0.1, -0.05) is 29.8 Å². The number of nitrogens with one attached hydrogen (secondary N) is 2.